The van der Waals surface area contributed by atoms with E-state index in [4.69, 9.17) is 23.2 Å². The third-order valence-corrected chi connectivity index (χ3v) is 3.87. The Labute approximate surface area is 135 Å². The SMILES string of the molecule is O=c1[nH]cnc2cc(NCc3cc(Cl)cc(O)c3Cl)ccc12. The van der Waals surface area contributed by atoms with Gasteiger partial charge in [0.1, 0.15) is 5.75 Å². The van der Waals surface area contributed by atoms with Crippen LogP contribution in [0, 0.1) is 0 Å². The first-order valence-electron chi connectivity index (χ1n) is 6.43. The standard InChI is InChI=1S/C15H11Cl2N3O2/c16-9-3-8(14(17)13(21)4-9)6-18-10-1-2-11-12(5-10)19-7-20-15(11)22/h1-5,7,18,21H,6H2,(H,19,20,22). The molecule has 0 unspecified atom stereocenters. The van der Waals surface area contributed by atoms with Crippen molar-refractivity contribution in [1.82, 2.24) is 9.97 Å². The molecule has 3 N–H and O–H groups in total. The molecule has 3 rings (SSSR count). The van der Waals surface area contributed by atoms with E-state index in [9.17, 15) is 9.90 Å². The van der Waals surface area contributed by atoms with Gasteiger partial charge in [-0.1, -0.05) is 23.2 Å². The number of aromatic amines is 1. The van der Waals surface area contributed by atoms with Gasteiger partial charge in [-0.3, -0.25) is 4.79 Å². The second-order valence-electron chi connectivity index (χ2n) is 4.72. The Bertz CT molecular complexity index is 909. The molecule has 3 aromatic rings. The maximum atomic E-state index is 11.6. The van der Waals surface area contributed by atoms with E-state index in [0.29, 0.717) is 28.0 Å². The molecule has 0 saturated heterocycles. The zero-order valence-electron chi connectivity index (χ0n) is 11.2. The van der Waals surface area contributed by atoms with Crippen molar-refractivity contribution in [3.8, 4) is 5.75 Å². The normalized spacial score (nSPS) is 10.8. The average Bonchev–Trinajstić information content (AvgIpc) is 2.49. The number of rotatable bonds is 3. The molecule has 5 nitrogen and oxygen atoms in total. The second kappa shape index (κ2) is 5.87. The Morgan fingerprint density at radius 1 is 1.23 bits per heavy atom. The molecule has 0 bridgehead atoms. The molecule has 0 fully saturated rings. The number of anilines is 1. The van der Waals surface area contributed by atoms with Crippen LogP contribution >= 0.6 is 23.2 Å². The molecule has 0 aliphatic heterocycles. The number of hydrogen-bond acceptors (Lipinski definition) is 4. The lowest BCUT2D eigenvalue weighted by atomic mass is 10.2. The van der Waals surface area contributed by atoms with Crippen LogP contribution in [-0.4, -0.2) is 15.1 Å². The van der Waals surface area contributed by atoms with E-state index >= 15 is 0 Å². The first-order valence-corrected chi connectivity index (χ1v) is 7.18. The second-order valence-corrected chi connectivity index (χ2v) is 5.53. The Hall–Kier alpha value is -2.24. The number of benzene rings is 2. The summed E-state index contributed by atoms with van der Waals surface area (Å²) in [6, 6.07) is 8.31. The molecular weight excluding hydrogens is 325 g/mol. The van der Waals surface area contributed by atoms with Gasteiger partial charge in [0, 0.05) is 23.3 Å². The lowest BCUT2D eigenvalue weighted by Crippen LogP contribution is -2.07. The van der Waals surface area contributed by atoms with Crippen LogP contribution in [0.4, 0.5) is 5.69 Å². The summed E-state index contributed by atoms with van der Waals surface area (Å²) in [5.41, 5.74) is 1.86. The molecule has 1 heterocycles. The van der Waals surface area contributed by atoms with E-state index < -0.39 is 0 Å². The topological polar surface area (TPSA) is 78.0 Å². The fraction of sp³-hybridized carbons (Fsp3) is 0.0667. The fourth-order valence-electron chi connectivity index (χ4n) is 2.13. The summed E-state index contributed by atoms with van der Waals surface area (Å²) in [6.07, 6.45) is 1.36. The number of aromatic nitrogens is 2. The Morgan fingerprint density at radius 2 is 2.05 bits per heavy atom. The summed E-state index contributed by atoms with van der Waals surface area (Å²) < 4.78 is 0. The van der Waals surface area contributed by atoms with Crippen LogP contribution in [-0.2, 0) is 6.54 Å². The number of phenols is 1. The van der Waals surface area contributed by atoms with Crippen molar-refractivity contribution in [2.24, 2.45) is 0 Å². The van der Waals surface area contributed by atoms with E-state index in [2.05, 4.69) is 15.3 Å². The largest absolute Gasteiger partial charge is 0.506 e. The smallest absolute Gasteiger partial charge is 0.258 e. The summed E-state index contributed by atoms with van der Waals surface area (Å²) >= 11 is 11.9. The van der Waals surface area contributed by atoms with Gasteiger partial charge in [0.2, 0.25) is 0 Å². The van der Waals surface area contributed by atoms with Crippen molar-refractivity contribution >= 4 is 39.8 Å². The van der Waals surface area contributed by atoms with Crippen molar-refractivity contribution in [2.75, 3.05) is 5.32 Å². The predicted molar refractivity (Wildman–Crippen MR) is 87.8 cm³/mol. The lowest BCUT2D eigenvalue weighted by molar-refractivity contribution is 0.475. The molecule has 1 aromatic heterocycles. The van der Waals surface area contributed by atoms with Gasteiger partial charge in [-0.25, -0.2) is 4.98 Å². The van der Waals surface area contributed by atoms with Crippen molar-refractivity contribution < 1.29 is 5.11 Å². The molecular formula is C15H11Cl2N3O2. The minimum absolute atomic E-state index is 0.0577. The number of halogens is 2. The highest BCUT2D eigenvalue weighted by Crippen LogP contribution is 2.31. The monoisotopic (exact) mass is 335 g/mol. The van der Waals surface area contributed by atoms with Crippen LogP contribution in [0.3, 0.4) is 0 Å². The molecule has 112 valence electrons. The molecule has 0 atom stereocenters. The van der Waals surface area contributed by atoms with Crippen LogP contribution in [0.1, 0.15) is 5.56 Å². The zero-order valence-corrected chi connectivity index (χ0v) is 12.7. The molecule has 0 aliphatic carbocycles. The quantitative estimate of drug-likeness (QED) is 0.684. The highest BCUT2D eigenvalue weighted by atomic mass is 35.5. The van der Waals surface area contributed by atoms with Crippen molar-refractivity contribution in [1.29, 1.82) is 0 Å². The van der Waals surface area contributed by atoms with E-state index in [1.807, 2.05) is 0 Å². The van der Waals surface area contributed by atoms with Gasteiger partial charge >= 0.3 is 0 Å². The maximum absolute atomic E-state index is 11.6. The highest BCUT2D eigenvalue weighted by molar-refractivity contribution is 6.34. The van der Waals surface area contributed by atoms with E-state index in [-0.39, 0.29) is 16.3 Å². The van der Waals surface area contributed by atoms with Crippen LogP contribution in [0.25, 0.3) is 10.9 Å². The number of H-pyrrole nitrogens is 1. The lowest BCUT2D eigenvalue weighted by Gasteiger charge is -2.10. The zero-order chi connectivity index (χ0) is 15.7. The van der Waals surface area contributed by atoms with E-state index in [1.165, 1.54) is 12.4 Å². The van der Waals surface area contributed by atoms with Crippen LogP contribution < -0.4 is 10.9 Å². The average molecular weight is 336 g/mol. The van der Waals surface area contributed by atoms with Crippen LogP contribution in [0.5, 0.6) is 5.75 Å². The number of nitrogens with one attached hydrogen (secondary N) is 2. The first kappa shape index (κ1) is 14.7. The molecule has 0 amide bonds. The summed E-state index contributed by atoms with van der Waals surface area (Å²) in [6.45, 7) is 0.377. The highest BCUT2D eigenvalue weighted by Gasteiger charge is 2.08. The number of fused-ring (bicyclic) bond motifs is 1. The number of aromatic hydroxyl groups is 1. The van der Waals surface area contributed by atoms with Gasteiger partial charge in [-0.05, 0) is 29.8 Å². The number of hydrogen-bond donors (Lipinski definition) is 3. The van der Waals surface area contributed by atoms with Gasteiger partial charge in [0.05, 0.1) is 22.3 Å². The summed E-state index contributed by atoms with van der Waals surface area (Å²) in [4.78, 5) is 18.3. The van der Waals surface area contributed by atoms with Gasteiger partial charge < -0.3 is 15.4 Å². The van der Waals surface area contributed by atoms with E-state index in [0.717, 1.165) is 5.69 Å². The number of phenolic OH excluding ortho intramolecular Hbond substituents is 1. The van der Waals surface area contributed by atoms with E-state index in [1.54, 1.807) is 24.3 Å². The van der Waals surface area contributed by atoms with Gasteiger partial charge in [0.25, 0.3) is 5.56 Å². The minimum Gasteiger partial charge on any atom is -0.506 e. The maximum Gasteiger partial charge on any atom is 0.258 e. The Morgan fingerprint density at radius 3 is 2.86 bits per heavy atom. The molecule has 2 aromatic carbocycles. The predicted octanol–water partition coefficient (Wildman–Crippen LogP) is 3.55. The van der Waals surface area contributed by atoms with Gasteiger partial charge in [0.15, 0.2) is 0 Å². The molecule has 0 aliphatic rings. The number of nitrogens with zero attached hydrogens (tertiary/aromatic N) is 1. The van der Waals surface area contributed by atoms with Crippen molar-refractivity contribution in [3.63, 3.8) is 0 Å². The van der Waals surface area contributed by atoms with Gasteiger partial charge in [-0.15, -0.1) is 0 Å². The van der Waals surface area contributed by atoms with Crippen LogP contribution in [0.2, 0.25) is 10.0 Å². The molecule has 7 heteroatoms. The first-order chi connectivity index (χ1) is 10.5. The third kappa shape index (κ3) is 2.86. The Kier molecular flexibility index (Phi) is 3.92. The Balaban J connectivity index is 1.87. The van der Waals surface area contributed by atoms with Crippen molar-refractivity contribution in [3.05, 3.63) is 62.6 Å². The third-order valence-electron chi connectivity index (χ3n) is 3.22. The van der Waals surface area contributed by atoms with Crippen molar-refractivity contribution in [2.45, 2.75) is 6.54 Å². The molecule has 22 heavy (non-hydrogen) atoms. The molecule has 0 radical (unpaired) electrons. The summed E-state index contributed by atoms with van der Waals surface area (Å²) in [5.74, 6) is -0.0577. The minimum atomic E-state index is -0.181. The fourth-order valence-corrected chi connectivity index (χ4v) is 2.55. The van der Waals surface area contributed by atoms with Gasteiger partial charge in [-0.2, -0.15) is 0 Å². The molecule has 0 saturated carbocycles. The summed E-state index contributed by atoms with van der Waals surface area (Å²) in [7, 11) is 0. The molecule has 0 spiro atoms. The summed E-state index contributed by atoms with van der Waals surface area (Å²) in [5, 5.41) is 14.0. The van der Waals surface area contributed by atoms with Crippen LogP contribution in [0.15, 0.2) is 41.5 Å².